The normalized spacial score (nSPS) is 11.6. The van der Waals surface area contributed by atoms with Crippen molar-refractivity contribution in [1.82, 2.24) is 5.43 Å². The van der Waals surface area contributed by atoms with E-state index in [1.165, 1.54) is 36.5 Å². The van der Waals surface area contributed by atoms with Crippen LogP contribution in [0.5, 0.6) is 5.75 Å². The van der Waals surface area contributed by atoms with Gasteiger partial charge in [-0.3, -0.25) is 9.10 Å². The van der Waals surface area contributed by atoms with Crippen molar-refractivity contribution in [1.29, 1.82) is 0 Å². The molecule has 0 heterocycles. The van der Waals surface area contributed by atoms with Gasteiger partial charge in [-0.15, -0.1) is 0 Å². The van der Waals surface area contributed by atoms with Crippen molar-refractivity contribution in [2.45, 2.75) is 25.7 Å². The Morgan fingerprint density at radius 1 is 1.03 bits per heavy atom. The van der Waals surface area contributed by atoms with Gasteiger partial charge in [0.2, 0.25) is 0 Å². The Hall–Kier alpha value is -3.07. The maximum absolute atomic E-state index is 13.4. The molecule has 10 heteroatoms. The summed E-state index contributed by atoms with van der Waals surface area (Å²) in [7, 11) is -4.10. The number of hydrazone groups is 1. The third-order valence-electron chi connectivity index (χ3n) is 4.90. The lowest BCUT2D eigenvalue weighted by Crippen LogP contribution is -2.39. The van der Waals surface area contributed by atoms with Crippen LogP contribution < -0.4 is 14.5 Å². The molecule has 7 nitrogen and oxygen atoms in total. The average Bonchev–Trinajstić information content (AvgIpc) is 2.81. The van der Waals surface area contributed by atoms with Gasteiger partial charge in [-0.05, 0) is 73.0 Å². The second-order valence-corrected chi connectivity index (χ2v) is 11.3. The minimum Gasteiger partial charge on any atom is -0.493 e. The largest absolute Gasteiger partial charge is 0.493 e. The Kier molecular flexibility index (Phi) is 9.37. The lowest BCUT2D eigenvalue weighted by atomic mass is 10.2. The summed E-state index contributed by atoms with van der Waals surface area (Å²) >= 11 is 12.2. The molecule has 1 amide bonds. The Bertz CT molecular complexity index is 1310. The molecule has 0 aliphatic rings. The molecule has 36 heavy (non-hydrogen) atoms. The quantitative estimate of drug-likeness (QED) is 0.261. The summed E-state index contributed by atoms with van der Waals surface area (Å²) < 4.78 is 33.5. The van der Waals surface area contributed by atoms with Gasteiger partial charge in [-0.25, -0.2) is 13.8 Å². The van der Waals surface area contributed by atoms with Gasteiger partial charge in [0.05, 0.1) is 23.4 Å². The standard InChI is InChI=1S/C26H27Cl2N3O4S/c1-18(2)17-35-24-8-6-20(7-9-24)15-29-30-26(32)16-31(23-13-21(27)12-22(28)14-23)36(33,34)25-10-4-19(3)5-11-25/h4-15,18H,16-17H2,1-3H3,(H,30,32)/b29-15-. The molecular formula is C26H27Cl2N3O4S. The molecular weight excluding hydrogens is 521 g/mol. The van der Waals surface area contributed by atoms with Crippen LogP contribution in [-0.2, 0) is 14.8 Å². The molecule has 3 aromatic rings. The molecule has 0 aliphatic heterocycles. The van der Waals surface area contributed by atoms with E-state index in [0.29, 0.717) is 12.5 Å². The molecule has 0 saturated carbocycles. The van der Waals surface area contributed by atoms with Gasteiger partial charge in [0, 0.05) is 10.0 Å². The third-order valence-corrected chi connectivity index (χ3v) is 7.12. The first-order valence-corrected chi connectivity index (χ1v) is 13.3. The SMILES string of the molecule is Cc1ccc(S(=O)(=O)N(CC(=O)N/N=C\c2ccc(OCC(C)C)cc2)c2cc(Cl)cc(Cl)c2)cc1. The first-order valence-electron chi connectivity index (χ1n) is 11.1. The van der Waals surface area contributed by atoms with Crippen LogP contribution in [0.3, 0.4) is 0 Å². The number of ether oxygens (including phenoxy) is 1. The van der Waals surface area contributed by atoms with E-state index in [2.05, 4.69) is 24.4 Å². The predicted octanol–water partition coefficient (Wildman–Crippen LogP) is 5.68. The van der Waals surface area contributed by atoms with Gasteiger partial charge in [-0.1, -0.05) is 54.7 Å². The van der Waals surface area contributed by atoms with E-state index in [4.69, 9.17) is 27.9 Å². The molecule has 3 rings (SSSR count). The van der Waals surface area contributed by atoms with Crippen LogP contribution in [0.15, 0.2) is 76.7 Å². The number of hydrogen-bond donors (Lipinski definition) is 1. The van der Waals surface area contributed by atoms with Gasteiger partial charge in [0.1, 0.15) is 12.3 Å². The van der Waals surface area contributed by atoms with E-state index < -0.39 is 22.5 Å². The highest BCUT2D eigenvalue weighted by Gasteiger charge is 2.27. The molecule has 3 aromatic carbocycles. The number of nitrogens with zero attached hydrogens (tertiary/aromatic N) is 2. The number of anilines is 1. The number of amides is 1. The number of sulfonamides is 1. The summed E-state index contributed by atoms with van der Waals surface area (Å²) in [5.74, 6) is 0.510. The fourth-order valence-electron chi connectivity index (χ4n) is 3.09. The molecule has 0 unspecified atom stereocenters. The lowest BCUT2D eigenvalue weighted by molar-refractivity contribution is -0.119. The number of carbonyl (C=O) groups is 1. The van der Waals surface area contributed by atoms with Crippen LogP contribution in [0.2, 0.25) is 10.0 Å². The van der Waals surface area contributed by atoms with Gasteiger partial charge < -0.3 is 4.74 Å². The Morgan fingerprint density at radius 3 is 2.22 bits per heavy atom. The highest BCUT2D eigenvalue weighted by molar-refractivity contribution is 7.92. The number of hydrogen-bond acceptors (Lipinski definition) is 5. The number of halogens is 2. The van der Waals surface area contributed by atoms with E-state index >= 15 is 0 Å². The molecule has 0 aliphatic carbocycles. The Morgan fingerprint density at radius 2 is 1.64 bits per heavy atom. The summed E-state index contributed by atoms with van der Waals surface area (Å²) in [5, 5.41) is 4.43. The van der Waals surface area contributed by atoms with Gasteiger partial charge in [-0.2, -0.15) is 5.10 Å². The van der Waals surface area contributed by atoms with Crippen LogP contribution in [0.1, 0.15) is 25.0 Å². The van der Waals surface area contributed by atoms with E-state index in [-0.39, 0.29) is 20.6 Å². The second-order valence-electron chi connectivity index (χ2n) is 8.52. The molecule has 0 spiro atoms. The van der Waals surface area contributed by atoms with E-state index in [9.17, 15) is 13.2 Å². The van der Waals surface area contributed by atoms with E-state index in [1.54, 1.807) is 24.3 Å². The number of carbonyl (C=O) groups excluding carboxylic acids is 1. The highest BCUT2D eigenvalue weighted by Crippen LogP contribution is 2.29. The zero-order valence-corrected chi connectivity index (χ0v) is 22.4. The van der Waals surface area contributed by atoms with Gasteiger partial charge >= 0.3 is 0 Å². The molecule has 1 N–H and O–H groups in total. The highest BCUT2D eigenvalue weighted by atomic mass is 35.5. The second kappa shape index (κ2) is 12.3. The van der Waals surface area contributed by atoms with Crippen molar-refractivity contribution >= 4 is 51.0 Å². The molecule has 0 aromatic heterocycles. The number of benzene rings is 3. The summed E-state index contributed by atoms with van der Waals surface area (Å²) in [6, 6.07) is 17.9. The number of rotatable bonds is 10. The molecule has 0 fully saturated rings. The zero-order valence-electron chi connectivity index (χ0n) is 20.1. The first kappa shape index (κ1) is 27.5. The topological polar surface area (TPSA) is 88.1 Å². The fourth-order valence-corrected chi connectivity index (χ4v) is 5.01. The number of nitrogens with one attached hydrogen (secondary N) is 1. The van der Waals surface area contributed by atoms with Crippen molar-refractivity contribution < 1.29 is 17.9 Å². The van der Waals surface area contributed by atoms with Crippen molar-refractivity contribution in [3.63, 3.8) is 0 Å². The zero-order chi connectivity index (χ0) is 26.3. The van der Waals surface area contributed by atoms with Gasteiger partial charge in [0.15, 0.2) is 0 Å². The van der Waals surface area contributed by atoms with E-state index in [1.807, 2.05) is 19.1 Å². The van der Waals surface area contributed by atoms with Crippen LogP contribution >= 0.6 is 23.2 Å². The molecule has 0 bridgehead atoms. The van der Waals surface area contributed by atoms with Crippen LogP contribution in [-0.4, -0.2) is 33.7 Å². The molecule has 0 saturated heterocycles. The van der Waals surface area contributed by atoms with E-state index in [0.717, 1.165) is 21.2 Å². The number of aryl methyl sites for hydroxylation is 1. The Balaban J connectivity index is 1.76. The third kappa shape index (κ3) is 7.71. The van der Waals surface area contributed by atoms with Gasteiger partial charge in [0.25, 0.3) is 15.9 Å². The lowest BCUT2D eigenvalue weighted by Gasteiger charge is -2.24. The summed E-state index contributed by atoms with van der Waals surface area (Å²) in [5.41, 5.74) is 4.17. The summed E-state index contributed by atoms with van der Waals surface area (Å²) in [4.78, 5) is 12.7. The summed E-state index contributed by atoms with van der Waals surface area (Å²) in [6.45, 7) is 6.06. The monoisotopic (exact) mass is 547 g/mol. The van der Waals surface area contributed by atoms with Crippen LogP contribution in [0.25, 0.3) is 0 Å². The predicted molar refractivity (Wildman–Crippen MR) is 145 cm³/mol. The van der Waals surface area contributed by atoms with Crippen molar-refractivity contribution in [2.75, 3.05) is 17.5 Å². The maximum Gasteiger partial charge on any atom is 0.264 e. The van der Waals surface area contributed by atoms with Crippen molar-refractivity contribution in [3.8, 4) is 5.75 Å². The average molecular weight is 548 g/mol. The minimum atomic E-state index is -4.10. The smallest absolute Gasteiger partial charge is 0.264 e. The fraction of sp³-hybridized carbons (Fsp3) is 0.231. The molecule has 0 radical (unpaired) electrons. The van der Waals surface area contributed by atoms with Crippen LogP contribution in [0, 0.1) is 12.8 Å². The van der Waals surface area contributed by atoms with Crippen molar-refractivity contribution in [2.24, 2.45) is 11.0 Å². The minimum absolute atomic E-state index is 0.0280. The summed E-state index contributed by atoms with van der Waals surface area (Å²) in [6.07, 6.45) is 1.46. The Labute approximate surface area is 221 Å². The molecule has 190 valence electrons. The van der Waals surface area contributed by atoms with Crippen molar-refractivity contribution in [3.05, 3.63) is 87.9 Å². The molecule has 0 atom stereocenters. The maximum atomic E-state index is 13.4. The first-order chi connectivity index (χ1) is 17.0. The van der Waals surface area contributed by atoms with Crippen LogP contribution in [0.4, 0.5) is 5.69 Å².